The van der Waals surface area contributed by atoms with Crippen molar-refractivity contribution >= 4 is 17.5 Å². The van der Waals surface area contributed by atoms with E-state index in [0.29, 0.717) is 30.8 Å². The minimum atomic E-state index is -0.462. The molecule has 3 nitrogen and oxygen atoms in total. The van der Waals surface area contributed by atoms with Crippen molar-refractivity contribution < 1.29 is 9.18 Å². The molecule has 3 aromatic rings. The third-order valence-electron chi connectivity index (χ3n) is 4.70. The van der Waals surface area contributed by atoms with Crippen molar-refractivity contribution in [2.75, 3.05) is 6.54 Å². The average molecular weight is 391 g/mol. The summed E-state index contributed by atoms with van der Waals surface area (Å²) in [5.41, 5.74) is 3.27. The van der Waals surface area contributed by atoms with Gasteiger partial charge in [-0.15, -0.1) is 0 Å². The van der Waals surface area contributed by atoms with E-state index in [2.05, 4.69) is 16.8 Å². The summed E-state index contributed by atoms with van der Waals surface area (Å²) in [4.78, 5) is 18.8. The normalized spacial score (nSPS) is 12.7. The lowest BCUT2D eigenvalue weighted by Gasteiger charge is -2.29. The summed E-state index contributed by atoms with van der Waals surface area (Å²) in [7, 11) is 0. The number of nitrogens with zero attached hydrogens (tertiary/aromatic N) is 2. The van der Waals surface area contributed by atoms with Crippen LogP contribution in [-0.2, 0) is 13.0 Å². The number of aromatic nitrogens is 1. The Kier molecular flexibility index (Phi) is 5.10. The highest BCUT2D eigenvalue weighted by molar-refractivity contribution is 6.31. The summed E-state index contributed by atoms with van der Waals surface area (Å²) >= 11 is 6.24. The fourth-order valence-corrected chi connectivity index (χ4v) is 3.53. The summed E-state index contributed by atoms with van der Waals surface area (Å²) in [6, 6.07) is 15.4. The Labute approximate surface area is 167 Å². The smallest absolute Gasteiger partial charge is 0.254 e. The largest absolute Gasteiger partial charge is 0.334 e. The number of pyridine rings is 1. The second-order valence-corrected chi connectivity index (χ2v) is 6.92. The highest BCUT2D eigenvalue weighted by Crippen LogP contribution is 2.27. The maximum Gasteiger partial charge on any atom is 0.254 e. The number of carbonyl (C=O) groups is 1. The number of hydrogen-bond donors (Lipinski definition) is 0. The van der Waals surface area contributed by atoms with Crippen LogP contribution in [-0.4, -0.2) is 22.3 Å². The van der Waals surface area contributed by atoms with Gasteiger partial charge in [-0.05, 0) is 59.9 Å². The van der Waals surface area contributed by atoms with E-state index in [0.717, 1.165) is 16.1 Å². The Bertz CT molecular complexity index is 1100. The molecular formula is C23H16ClFN2O. The molecule has 0 bridgehead atoms. The molecule has 1 amide bonds. The van der Waals surface area contributed by atoms with E-state index < -0.39 is 5.82 Å². The zero-order chi connectivity index (χ0) is 19.5. The molecule has 1 aliphatic rings. The minimum absolute atomic E-state index is 0.147. The van der Waals surface area contributed by atoms with E-state index in [1.807, 2.05) is 24.3 Å². The molecule has 0 spiro atoms. The van der Waals surface area contributed by atoms with Crippen LogP contribution in [0.1, 0.15) is 32.7 Å². The molecule has 0 saturated heterocycles. The van der Waals surface area contributed by atoms with Crippen LogP contribution in [0, 0.1) is 17.7 Å². The van der Waals surface area contributed by atoms with Gasteiger partial charge < -0.3 is 4.90 Å². The van der Waals surface area contributed by atoms with Crippen LogP contribution in [0.2, 0.25) is 5.02 Å². The van der Waals surface area contributed by atoms with Crippen LogP contribution < -0.4 is 0 Å². The molecule has 1 aromatic heterocycles. The van der Waals surface area contributed by atoms with Crippen LogP contribution in [0.3, 0.4) is 0 Å². The molecule has 5 heteroatoms. The van der Waals surface area contributed by atoms with Crippen molar-refractivity contribution in [3.63, 3.8) is 0 Å². The first-order valence-electron chi connectivity index (χ1n) is 8.90. The van der Waals surface area contributed by atoms with Gasteiger partial charge in [0.15, 0.2) is 0 Å². The molecule has 0 unspecified atom stereocenters. The lowest BCUT2D eigenvalue weighted by atomic mass is 9.99. The molecule has 0 atom stereocenters. The van der Waals surface area contributed by atoms with Crippen molar-refractivity contribution in [3.05, 3.63) is 99.6 Å². The Morgan fingerprint density at radius 3 is 2.82 bits per heavy atom. The topological polar surface area (TPSA) is 33.2 Å². The number of halogens is 2. The van der Waals surface area contributed by atoms with E-state index in [1.165, 1.54) is 18.2 Å². The summed E-state index contributed by atoms with van der Waals surface area (Å²) in [6.07, 6.45) is 2.33. The van der Waals surface area contributed by atoms with E-state index >= 15 is 0 Å². The number of rotatable bonds is 1. The van der Waals surface area contributed by atoms with Crippen molar-refractivity contribution in [1.29, 1.82) is 0 Å². The Morgan fingerprint density at radius 1 is 1.11 bits per heavy atom. The fraction of sp³-hybridized carbons (Fsp3) is 0.130. The predicted octanol–water partition coefficient (Wildman–Crippen LogP) is 4.47. The van der Waals surface area contributed by atoms with Crippen LogP contribution in [0.25, 0.3) is 0 Å². The Balaban J connectivity index is 1.58. The second kappa shape index (κ2) is 7.84. The van der Waals surface area contributed by atoms with Gasteiger partial charge in [-0.1, -0.05) is 35.7 Å². The first-order valence-corrected chi connectivity index (χ1v) is 9.28. The molecule has 0 N–H and O–H groups in total. The van der Waals surface area contributed by atoms with Gasteiger partial charge in [-0.3, -0.25) is 4.79 Å². The first kappa shape index (κ1) is 18.2. The summed E-state index contributed by atoms with van der Waals surface area (Å²) in [5, 5.41) is 0.735. The van der Waals surface area contributed by atoms with E-state index in [-0.39, 0.29) is 11.5 Å². The van der Waals surface area contributed by atoms with Crippen molar-refractivity contribution in [2.45, 2.75) is 13.0 Å². The van der Waals surface area contributed by atoms with Crippen molar-refractivity contribution in [3.8, 4) is 11.8 Å². The molecule has 2 heterocycles. The number of amides is 1. The van der Waals surface area contributed by atoms with E-state index in [4.69, 9.17) is 11.6 Å². The molecule has 1 aliphatic heterocycles. The Morgan fingerprint density at radius 2 is 2.00 bits per heavy atom. The monoisotopic (exact) mass is 390 g/mol. The highest BCUT2D eigenvalue weighted by atomic mass is 35.5. The first-order chi connectivity index (χ1) is 13.6. The number of fused-ring (bicyclic) bond motifs is 1. The van der Waals surface area contributed by atoms with E-state index in [9.17, 15) is 9.18 Å². The predicted molar refractivity (Wildman–Crippen MR) is 107 cm³/mol. The van der Waals surface area contributed by atoms with Gasteiger partial charge in [0.25, 0.3) is 5.91 Å². The van der Waals surface area contributed by atoms with Crippen LogP contribution in [0.5, 0.6) is 0 Å². The molecule has 28 heavy (non-hydrogen) atoms. The van der Waals surface area contributed by atoms with Crippen molar-refractivity contribution in [1.82, 2.24) is 9.88 Å². The van der Waals surface area contributed by atoms with Gasteiger partial charge in [-0.2, -0.15) is 0 Å². The molecule has 0 fully saturated rings. The summed E-state index contributed by atoms with van der Waals surface area (Å²) < 4.78 is 14.2. The maximum atomic E-state index is 14.2. The lowest BCUT2D eigenvalue weighted by molar-refractivity contribution is 0.0734. The Hall–Kier alpha value is -3.16. The zero-order valence-electron chi connectivity index (χ0n) is 15.0. The van der Waals surface area contributed by atoms with Gasteiger partial charge in [0.2, 0.25) is 0 Å². The van der Waals surface area contributed by atoms with Crippen LogP contribution >= 0.6 is 11.6 Å². The third-order valence-corrected chi connectivity index (χ3v) is 5.05. The summed E-state index contributed by atoms with van der Waals surface area (Å²) in [6.45, 7) is 1.06. The second-order valence-electron chi connectivity index (χ2n) is 6.51. The summed E-state index contributed by atoms with van der Waals surface area (Å²) in [5.74, 6) is 4.99. The lowest BCUT2D eigenvalue weighted by Crippen LogP contribution is -2.36. The number of carbonyl (C=O) groups excluding carboxylic acids is 1. The van der Waals surface area contributed by atoms with Crippen molar-refractivity contribution in [2.24, 2.45) is 0 Å². The molecular weight excluding hydrogens is 375 g/mol. The fourth-order valence-electron chi connectivity index (χ4n) is 3.24. The van der Waals surface area contributed by atoms with Gasteiger partial charge in [-0.25, -0.2) is 9.37 Å². The minimum Gasteiger partial charge on any atom is -0.334 e. The molecule has 0 radical (unpaired) electrons. The zero-order valence-corrected chi connectivity index (χ0v) is 15.7. The number of benzene rings is 2. The number of hydrogen-bond acceptors (Lipinski definition) is 2. The van der Waals surface area contributed by atoms with Crippen LogP contribution in [0.15, 0.2) is 60.8 Å². The highest BCUT2D eigenvalue weighted by Gasteiger charge is 2.23. The third kappa shape index (κ3) is 3.76. The van der Waals surface area contributed by atoms with Gasteiger partial charge >= 0.3 is 0 Å². The average Bonchev–Trinajstić information content (AvgIpc) is 2.73. The molecule has 0 saturated carbocycles. The van der Waals surface area contributed by atoms with Crippen LogP contribution in [0.4, 0.5) is 4.39 Å². The van der Waals surface area contributed by atoms with Gasteiger partial charge in [0.1, 0.15) is 11.5 Å². The standard InChI is InChI=1S/C23H16ClFN2O/c24-21-6-3-4-18-15-27(13-11-20(18)21)23(28)17-8-10-22(25)16(14-17)7-9-19-5-1-2-12-26-19/h1-6,8,10,12,14H,11,13,15H2. The molecule has 138 valence electrons. The quantitative estimate of drug-likeness (QED) is 0.574. The molecule has 4 rings (SSSR count). The molecule has 0 aliphatic carbocycles. The molecule has 2 aromatic carbocycles. The SMILES string of the molecule is O=C(c1ccc(F)c(C#Cc2ccccn2)c1)N1CCc2c(Cl)cccc2C1. The van der Waals surface area contributed by atoms with Gasteiger partial charge in [0.05, 0.1) is 5.56 Å². The van der Waals surface area contributed by atoms with Gasteiger partial charge in [0, 0.05) is 29.9 Å². The maximum absolute atomic E-state index is 14.2. The van der Waals surface area contributed by atoms with E-state index in [1.54, 1.807) is 23.2 Å².